The molecule has 0 atom stereocenters. The standard InChI is InChI=1S/C15H11BrINO2/c16-11-3-6-14-13(7-11)18(15(19)9-20-14)8-10-1-4-12(17)5-2-10/h1-7H,8-9H2. The van der Waals surface area contributed by atoms with Crippen LogP contribution in [-0.4, -0.2) is 12.5 Å². The number of hydrogen-bond donors (Lipinski definition) is 0. The molecular formula is C15H11BrINO2. The van der Waals surface area contributed by atoms with E-state index in [2.05, 4.69) is 38.5 Å². The Hall–Kier alpha value is -1.08. The Bertz CT molecular complexity index is 657. The van der Waals surface area contributed by atoms with Crippen LogP contribution in [0.5, 0.6) is 5.75 Å². The third-order valence-electron chi connectivity index (χ3n) is 3.12. The van der Waals surface area contributed by atoms with Crippen molar-refractivity contribution >= 4 is 50.1 Å². The van der Waals surface area contributed by atoms with Gasteiger partial charge >= 0.3 is 0 Å². The van der Waals surface area contributed by atoms with Crippen molar-refractivity contribution in [2.45, 2.75) is 6.54 Å². The van der Waals surface area contributed by atoms with E-state index in [0.29, 0.717) is 6.54 Å². The fourth-order valence-corrected chi connectivity index (χ4v) is 2.83. The van der Waals surface area contributed by atoms with E-state index in [-0.39, 0.29) is 12.5 Å². The van der Waals surface area contributed by atoms with Gasteiger partial charge < -0.3 is 9.64 Å². The molecule has 102 valence electrons. The Morgan fingerprint density at radius 1 is 1.20 bits per heavy atom. The molecule has 0 bridgehead atoms. The van der Waals surface area contributed by atoms with Crippen LogP contribution in [-0.2, 0) is 11.3 Å². The molecule has 1 aliphatic heterocycles. The van der Waals surface area contributed by atoms with E-state index in [9.17, 15) is 4.79 Å². The van der Waals surface area contributed by atoms with Crippen molar-refractivity contribution in [2.24, 2.45) is 0 Å². The second kappa shape index (κ2) is 5.73. The highest BCUT2D eigenvalue weighted by Gasteiger charge is 2.25. The number of nitrogens with zero attached hydrogens (tertiary/aromatic N) is 1. The maximum Gasteiger partial charge on any atom is 0.265 e. The highest BCUT2D eigenvalue weighted by atomic mass is 127. The average molecular weight is 444 g/mol. The van der Waals surface area contributed by atoms with Gasteiger partial charge in [0.25, 0.3) is 5.91 Å². The second-order valence-corrected chi connectivity index (χ2v) is 6.67. The maximum absolute atomic E-state index is 12.1. The number of amides is 1. The average Bonchev–Trinajstić information content (AvgIpc) is 2.44. The van der Waals surface area contributed by atoms with Crippen LogP contribution in [0.1, 0.15) is 5.56 Å². The van der Waals surface area contributed by atoms with Gasteiger partial charge in [0.15, 0.2) is 6.61 Å². The van der Waals surface area contributed by atoms with E-state index in [1.807, 2.05) is 42.5 Å². The van der Waals surface area contributed by atoms with Gasteiger partial charge in [-0.2, -0.15) is 0 Å². The molecule has 3 rings (SSSR count). The minimum Gasteiger partial charge on any atom is -0.482 e. The highest BCUT2D eigenvalue weighted by Crippen LogP contribution is 2.35. The first kappa shape index (κ1) is 13.9. The number of anilines is 1. The van der Waals surface area contributed by atoms with E-state index < -0.39 is 0 Å². The van der Waals surface area contributed by atoms with E-state index in [4.69, 9.17) is 4.74 Å². The van der Waals surface area contributed by atoms with Crippen molar-refractivity contribution in [1.82, 2.24) is 0 Å². The molecular weight excluding hydrogens is 433 g/mol. The lowest BCUT2D eigenvalue weighted by Gasteiger charge is -2.29. The molecule has 2 aromatic rings. The molecule has 1 amide bonds. The fraction of sp³-hybridized carbons (Fsp3) is 0.133. The van der Waals surface area contributed by atoms with E-state index in [0.717, 1.165) is 21.5 Å². The Kier molecular flexibility index (Phi) is 3.98. The van der Waals surface area contributed by atoms with Gasteiger partial charge in [-0.25, -0.2) is 0 Å². The van der Waals surface area contributed by atoms with Crippen LogP contribution < -0.4 is 9.64 Å². The number of fused-ring (bicyclic) bond motifs is 1. The van der Waals surface area contributed by atoms with E-state index in [1.165, 1.54) is 3.57 Å². The van der Waals surface area contributed by atoms with Crippen molar-refractivity contribution in [3.05, 3.63) is 56.1 Å². The summed E-state index contributed by atoms with van der Waals surface area (Å²) < 4.78 is 7.58. The largest absolute Gasteiger partial charge is 0.482 e. The summed E-state index contributed by atoms with van der Waals surface area (Å²) in [6.45, 7) is 0.654. The molecule has 0 saturated carbocycles. The molecule has 1 aliphatic rings. The zero-order chi connectivity index (χ0) is 14.1. The molecule has 0 saturated heterocycles. The molecule has 0 spiro atoms. The van der Waals surface area contributed by atoms with Gasteiger partial charge in [0.1, 0.15) is 5.75 Å². The Balaban J connectivity index is 1.94. The summed E-state index contributed by atoms with van der Waals surface area (Å²) in [6, 6.07) is 13.9. The molecule has 0 N–H and O–H groups in total. The van der Waals surface area contributed by atoms with Gasteiger partial charge in [-0.1, -0.05) is 28.1 Å². The molecule has 1 heterocycles. The summed E-state index contributed by atoms with van der Waals surface area (Å²) in [6.07, 6.45) is 0. The van der Waals surface area contributed by atoms with Crippen molar-refractivity contribution in [1.29, 1.82) is 0 Å². The van der Waals surface area contributed by atoms with Crippen LogP contribution in [0.25, 0.3) is 0 Å². The van der Waals surface area contributed by atoms with Crippen LogP contribution >= 0.6 is 38.5 Å². The Morgan fingerprint density at radius 2 is 1.95 bits per heavy atom. The predicted octanol–water partition coefficient (Wildman–Crippen LogP) is 3.98. The second-order valence-electron chi connectivity index (χ2n) is 4.51. The Labute approximate surface area is 139 Å². The van der Waals surface area contributed by atoms with Gasteiger partial charge in [0, 0.05) is 8.04 Å². The molecule has 20 heavy (non-hydrogen) atoms. The first-order valence-corrected chi connectivity index (χ1v) is 7.98. The smallest absolute Gasteiger partial charge is 0.265 e. The molecule has 0 radical (unpaired) electrons. The zero-order valence-corrected chi connectivity index (χ0v) is 14.2. The number of rotatable bonds is 2. The van der Waals surface area contributed by atoms with Crippen LogP contribution in [0.15, 0.2) is 46.9 Å². The number of halogens is 2. The SMILES string of the molecule is O=C1COc2ccc(Br)cc2N1Cc1ccc(I)cc1. The predicted molar refractivity (Wildman–Crippen MR) is 90.0 cm³/mol. The van der Waals surface area contributed by atoms with Gasteiger partial charge in [-0.3, -0.25) is 4.79 Å². The third kappa shape index (κ3) is 2.83. The first-order chi connectivity index (χ1) is 9.63. The number of carbonyl (C=O) groups is 1. The number of ether oxygens (including phenoxy) is 1. The minimum atomic E-state index is -0.0193. The van der Waals surface area contributed by atoms with Crippen LogP contribution in [0, 0.1) is 3.57 Å². The zero-order valence-electron chi connectivity index (χ0n) is 10.5. The lowest BCUT2D eigenvalue weighted by Crippen LogP contribution is -2.38. The number of benzene rings is 2. The molecule has 0 aliphatic carbocycles. The normalized spacial score (nSPS) is 13.9. The lowest BCUT2D eigenvalue weighted by atomic mass is 10.1. The van der Waals surface area contributed by atoms with Gasteiger partial charge in [0.05, 0.1) is 12.2 Å². The molecule has 2 aromatic carbocycles. The maximum atomic E-state index is 12.1. The number of carbonyl (C=O) groups excluding carboxylic acids is 1. The van der Waals surface area contributed by atoms with Crippen molar-refractivity contribution in [2.75, 3.05) is 11.5 Å². The first-order valence-electron chi connectivity index (χ1n) is 6.10. The van der Waals surface area contributed by atoms with Crippen LogP contribution in [0.4, 0.5) is 5.69 Å². The topological polar surface area (TPSA) is 29.5 Å². The van der Waals surface area contributed by atoms with Crippen molar-refractivity contribution in [3.63, 3.8) is 0 Å². The summed E-state index contributed by atoms with van der Waals surface area (Å²) in [4.78, 5) is 13.9. The van der Waals surface area contributed by atoms with E-state index >= 15 is 0 Å². The molecule has 0 aromatic heterocycles. The van der Waals surface area contributed by atoms with Crippen LogP contribution in [0.3, 0.4) is 0 Å². The fourth-order valence-electron chi connectivity index (χ4n) is 2.12. The summed E-state index contributed by atoms with van der Waals surface area (Å²) in [5, 5.41) is 0. The molecule has 0 unspecified atom stereocenters. The van der Waals surface area contributed by atoms with E-state index in [1.54, 1.807) is 4.90 Å². The number of hydrogen-bond acceptors (Lipinski definition) is 2. The summed E-state index contributed by atoms with van der Waals surface area (Å²) >= 11 is 5.71. The summed E-state index contributed by atoms with van der Waals surface area (Å²) in [5.41, 5.74) is 1.92. The minimum absolute atomic E-state index is 0.0193. The highest BCUT2D eigenvalue weighted by molar-refractivity contribution is 14.1. The summed E-state index contributed by atoms with van der Waals surface area (Å²) in [5.74, 6) is 0.729. The Morgan fingerprint density at radius 3 is 2.70 bits per heavy atom. The molecule has 5 heteroatoms. The quantitative estimate of drug-likeness (QED) is 0.657. The van der Waals surface area contributed by atoms with Gasteiger partial charge in [-0.05, 0) is 58.5 Å². The van der Waals surface area contributed by atoms with Gasteiger partial charge in [0.2, 0.25) is 0 Å². The van der Waals surface area contributed by atoms with Crippen molar-refractivity contribution < 1.29 is 9.53 Å². The monoisotopic (exact) mass is 443 g/mol. The van der Waals surface area contributed by atoms with Gasteiger partial charge in [-0.15, -0.1) is 0 Å². The summed E-state index contributed by atoms with van der Waals surface area (Å²) in [7, 11) is 0. The third-order valence-corrected chi connectivity index (χ3v) is 4.33. The lowest BCUT2D eigenvalue weighted by molar-refractivity contribution is -0.121. The molecule has 3 nitrogen and oxygen atoms in total. The van der Waals surface area contributed by atoms with Crippen molar-refractivity contribution in [3.8, 4) is 5.75 Å². The molecule has 0 fully saturated rings. The van der Waals surface area contributed by atoms with Crippen LogP contribution in [0.2, 0.25) is 0 Å².